The first-order valence-corrected chi connectivity index (χ1v) is 9.07. The summed E-state index contributed by atoms with van der Waals surface area (Å²) in [5.74, 6) is 0.907. The van der Waals surface area contributed by atoms with Crippen LogP contribution in [0.4, 0.5) is 35.2 Å². The SMILES string of the molecule is Cc1oc2ncnc(N)c2c1-c1ccc(NC(=O)Nc2cccc(C(F)(F)F)c2)cc1. The van der Waals surface area contributed by atoms with E-state index in [9.17, 15) is 18.0 Å². The van der Waals surface area contributed by atoms with E-state index in [4.69, 9.17) is 10.2 Å². The van der Waals surface area contributed by atoms with Gasteiger partial charge in [0.05, 0.1) is 10.9 Å². The number of amides is 2. The van der Waals surface area contributed by atoms with Crippen LogP contribution in [0.3, 0.4) is 0 Å². The second-order valence-corrected chi connectivity index (χ2v) is 6.71. The van der Waals surface area contributed by atoms with Crippen molar-refractivity contribution in [1.82, 2.24) is 9.97 Å². The lowest BCUT2D eigenvalue weighted by atomic mass is 10.0. The van der Waals surface area contributed by atoms with Gasteiger partial charge in [-0.15, -0.1) is 0 Å². The number of fused-ring (bicyclic) bond motifs is 1. The summed E-state index contributed by atoms with van der Waals surface area (Å²) in [7, 11) is 0. The molecule has 4 N–H and O–H groups in total. The highest BCUT2D eigenvalue weighted by atomic mass is 19.4. The van der Waals surface area contributed by atoms with Gasteiger partial charge in [-0.1, -0.05) is 18.2 Å². The number of anilines is 3. The number of nitrogens with one attached hydrogen (secondary N) is 2. The maximum atomic E-state index is 12.8. The monoisotopic (exact) mass is 427 g/mol. The number of hydrogen-bond acceptors (Lipinski definition) is 5. The number of hydrogen-bond donors (Lipinski definition) is 3. The predicted octanol–water partition coefficient (Wildman–Crippen LogP) is 5.44. The van der Waals surface area contributed by atoms with E-state index in [1.165, 1.54) is 18.5 Å². The van der Waals surface area contributed by atoms with Crippen molar-refractivity contribution in [2.45, 2.75) is 13.1 Å². The fraction of sp³-hybridized carbons (Fsp3) is 0.0952. The number of carbonyl (C=O) groups excluding carboxylic acids is 1. The third kappa shape index (κ3) is 4.13. The standard InChI is InChI=1S/C21H16F3N5O2/c1-11-16(17-18(25)26-10-27-19(17)31-11)12-5-7-14(8-6-12)28-20(30)29-15-4-2-3-13(9-15)21(22,23)24/h2-10H,1H3,(H2,25,26,27)(H2,28,29,30). The van der Waals surface area contributed by atoms with E-state index in [1.807, 2.05) is 0 Å². The number of rotatable bonds is 3. The van der Waals surface area contributed by atoms with Crippen LogP contribution in [0.2, 0.25) is 0 Å². The lowest BCUT2D eigenvalue weighted by Crippen LogP contribution is -2.19. The average Bonchev–Trinajstić information content (AvgIpc) is 3.05. The second kappa shape index (κ2) is 7.63. The Morgan fingerprint density at radius 3 is 2.45 bits per heavy atom. The topological polar surface area (TPSA) is 106 Å². The summed E-state index contributed by atoms with van der Waals surface area (Å²) in [6.45, 7) is 1.78. The first-order valence-electron chi connectivity index (χ1n) is 9.07. The molecule has 4 rings (SSSR count). The molecule has 0 bridgehead atoms. The van der Waals surface area contributed by atoms with Crippen LogP contribution >= 0.6 is 0 Å². The first kappa shape index (κ1) is 20.2. The molecule has 158 valence electrons. The third-order valence-corrected chi connectivity index (χ3v) is 4.57. The highest BCUT2D eigenvalue weighted by Crippen LogP contribution is 2.36. The molecule has 31 heavy (non-hydrogen) atoms. The Bertz CT molecular complexity index is 1270. The number of furan rings is 1. The van der Waals surface area contributed by atoms with E-state index in [1.54, 1.807) is 31.2 Å². The van der Waals surface area contributed by atoms with Crippen molar-refractivity contribution in [3.8, 4) is 11.1 Å². The molecule has 0 aliphatic rings. The first-order chi connectivity index (χ1) is 14.7. The highest BCUT2D eigenvalue weighted by molar-refractivity contribution is 6.02. The normalized spacial score (nSPS) is 11.5. The number of carbonyl (C=O) groups is 1. The van der Waals surface area contributed by atoms with E-state index in [2.05, 4.69) is 20.6 Å². The largest absolute Gasteiger partial charge is 0.442 e. The molecule has 2 heterocycles. The van der Waals surface area contributed by atoms with Crippen LogP contribution in [0, 0.1) is 6.92 Å². The maximum absolute atomic E-state index is 12.8. The zero-order chi connectivity index (χ0) is 22.2. The van der Waals surface area contributed by atoms with E-state index < -0.39 is 17.8 Å². The van der Waals surface area contributed by atoms with Gasteiger partial charge >= 0.3 is 12.2 Å². The van der Waals surface area contributed by atoms with Crippen LogP contribution in [-0.4, -0.2) is 16.0 Å². The summed E-state index contributed by atoms with van der Waals surface area (Å²) < 4.78 is 44.1. The van der Waals surface area contributed by atoms with E-state index >= 15 is 0 Å². The molecule has 2 aromatic heterocycles. The molecule has 0 saturated carbocycles. The van der Waals surface area contributed by atoms with Gasteiger partial charge in [0.15, 0.2) is 0 Å². The van der Waals surface area contributed by atoms with Crippen molar-refractivity contribution < 1.29 is 22.4 Å². The van der Waals surface area contributed by atoms with Gasteiger partial charge in [-0.25, -0.2) is 14.8 Å². The Kier molecular flexibility index (Phi) is 4.97. The Hall–Kier alpha value is -4.08. The lowest BCUT2D eigenvalue weighted by molar-refractivity contribution is -0.137. The summed E-state index contributed by atoms with van der Waals surface area (Å²) in [4.78, 5) is 20.2. The highest BCUT2D eigenvalue weighted by Gasteiger charge is 2.30. The summed E-state index contributed by atoms with van der Waals surface area (Å²) in [6.07, 6.45) is -3.17. The molecule has 0 fully saturated rings. The molecule has 0 atom stereocenters. The number of aryl methyl sites for hydroxylation is 1. The van der Waals surface area contributed by atoms with Crippen molar-refractivity contribution >= 4 is 34.3 Å². The van der Waals surface area contributed by atoms with Crippen molar-refractivity contribution in [2.24, 2.45) is 0 Å². The molecule has 10 heteroatoms. The number of nitrogen functional groups attached to an aromatic ring is 1. The third-order valence-electron chi connectivity index (χ3n) is 4.57. The van der Waals surface area contributed by atoms with Gasteiger partial charge in [0.1, 0.15) is 17.9 Å². The van der Waals surface area contributed by atoms with E-state index in [-0.39, 0.29) is 5.69 Å². The Labute approximate surface area is 174 Å². The van der Waals surface area contributed by atoms with Crippen LogP contribution < -0.4 is 16.4 Å². The molecule has 2 aromatic carbocycles. The Morgan fingerprint density at radius 2 is 1.74 bits per heavy atom. The fourth-order valence-electron chi connectivity index (χ4n) is 3.20. The minimum Gasteiger partial charge on any atom is -0.442 e. The van der Waals surface area contributed by atoms with Crippen molar-refractivity contribution in [3.05, 3.63) is 66.2 Å². The summed E-state index contributed by atoms with van der Waals surface area (Å²) in [5.41, 5.74) is 7.50. The summed E-state index contributed by atoms with van der Waals surface area (Å²) in [5, 5.41) is 5.57. The molecule has 0 spiro atoms. The number of alkyl halides is 3. The quantitative estimate of drug-likeness (QED) is 0.404. The van der Waals surface area contributed by atoms with E-state index in [0.29, 0.717) is 28.4 Å². The average molecular weight is 427 g/mol. The number of nitrogens with zero attached hydrogens (tertiary/aromatic N) is 2. The minimum atomic E-state index is -4.49. The zero-order valence-electron chi connectivity index (χ0n) is 16.1. The van der Waals surface area contributed by atoms with E-state index in [0.717, 1.165) is 23.3 Å². The molecule has 0 aliphatic carbocycles. The molecule has 2 amide bonds. The number of benzene rings is 2. The molecular formula is C21H16F3N5O2. The molecule has 0 unspecified atom stereocenters. The van der Waals surface area contributed by atoms with Crippen LogP contribution in [0.5, 0.6) is 0 Å². The number of nitrogens with two attached hydrogens (primary N) is 1. The number of halogens is 3. The smallest absolute Gasteiger partial charge is 0.416 e. The van der Waals surface area contributed by atoms with Crippen molar-refractivity contribution in [1.29, 1.82) is 0 Å². The van der Waals surface area contributed by atoms with Gasteiger partial charge in [0.2, 0.25) is 5.71 Å². The van der Waals surface area contributed by atoms with Gasteiger partial charge in [-0.3, -0.25) is 0 Å². The van der Waals surface area contributed by atoms with Gasteiger partial charge in [-0.2, -0.15) is 13.2 Å². The van der Waals surface area contributed by atoms with Crippen molar-refractivity contribution in [2.75, 3.05) is 16.4 Å². The van der Waals surface area contributed by atoms with Gasteiger partial charge in [0.25, 0.3) is 0 Å². The Balaban J connectivity index is 1.51. The molecule has 0 radical (unpaired) electrons. The molecule has 7 nitrogen and oxygen atoms in total. The minimum absolute atomic E-state index is 0.0277. The lowest BCUT2D eigenvalue weighted by Gasteiger charge is -2.11. The molecule has 4 aromatic rings. The predicted molar refractivity (Wildman–Crippen MR) is 110 cm³/mol. The Morgan fingerprint density at radius 1 is 1.03 bits per heavy atom. The maximum Gasteiger partial charge on any atom is 0.416 e. The van der Waals surface area contributed by atoms with Crippen molar-refractivity contribution in [3.63, 3.8) is 0 Å². The fourth-order valence-corrected chi connectivity index (χ4v) is 3.20. The summed E-state index contributed by atoms with van der Waals surface area (Å²) >= 11 is 0. The molecule has 0 aliphatic heterocycles. The van der Waals surface area contributed by atoms with Crippen LogP contribution in [0.1, 0.15) is 11.3 Å². The number of urea groups is 1. The van der Waals surface area contributed by atoms with Gasteiger partial charge < -0.3 is 20.8 Å². The molecule has 0 saturated heterocycles. The van der Waals surface area contributed by atoms with Crippen LogP contribution in [0.15, 0.2) is 59.3 Å². The number of aromatic nitrogens is 2. The second-order valence-electron chi connectivity index (χ2n) is 6.71. The zero-order valence-corrected chi connectivity index (χ0v) is 16.1. The van der Waals surface area contributed by atoms with Crippen LogP contribution in [-0.2, 0) is 6.18 Å². The van der Waals surface area contributed by atoms with Gasteiger partial charge in [0, 0.05) is 16.9 Å². The van der Waals surface area contributed by atoms with Gasteiger partial charge in [-0.05, 0) is 42.8 Å². The van der Waals surface area contributed by atoms with Crippen LogP contribution in [0.25, 0.3) is 22.2 Å². The summed E-state index contributed by atoms with van der Waals surface area (Å²) in [6, 6.07) is 10.5. The molecular weight excluding hydrogens is 411 g/mol.